The first kappa shape index (κ1) is 17.8. The highest BCUT2D eigenvalue weighted by Crippen LogP contribution is 2.42. The zero-order chi connectivity index (χ0) is 17.4. The summed E-state index contributed by atoms with van der Waals surface area (Å²) in [7, 11) is 0. The van der Waals surface area contributed by atoms with Crippen molar-refractivity contribution in [3.63, 3.8) is 0 Å². The summed E-state index contributed by atoms with van der Waals surface area (Å²) in [5, 5.41) is 27.7. The molecule has 5 nitrogen and oxygen atoms in total. The maximum Gasteiger partial charge on any atom is 0.186 e. The maximum atomic E-state index is 12.7. The van der Waals surface area contributed by atoms with Gasteiger partial charge in [-0.05, 0) is 62.1 Å². The second-order valence-electron chi connectivity index (χ2n) is 4.99. The van der Waals surface area contributed by atoms with Crippen LogP contribution in [0.15, 0.2) is 26.0 Å². The summed E-state index contributed by atoms with van der Waals surface area (Å²) >= 11 is 9.07. The summed E-state index contributed by atoms with van der Waals surface area (Å²) in [5.74, 6) is -0.679. The number of halogens is 2. The van der Waals surface area contributed by atoms with Crippen molar-refractivity contribution in [3.8, 4) is 5.75 Å². The number of thioether (sulfide) groups is 1. The van der Waals surface area contributed by atoms with E-state index in [-0.39, 0.29) is 16.6 Å². The van der Waals surface area contributed by atoms with Crippen LogP contribution in [0.4, 0.5) is 0 Å². The first-order valence-electron chi connectivity index (χ1n) is 6.93. The zero-order valence-electron chi connectivity index (χ0n) is 12.3. The number of benzene rings is 1. The van der Waals surface area contributed by atoms with Gasteiger partial charge in [0, 0.05) is 0 Å². The van der Waals surface area contributed by atoms with Crippen molar-refractivity contribution in [1.29, 1.82) is 5.41 Å². The molecular formula is C15H11Br2N3O2S2. The van der Waals surface area contributed by atoms with E-state index >= 15 is 0 Å². The number of nitrogens with one attached hydrogen (secondary N) is 1. The van der Waals surface area contributed by atoms with E-state index in [0.29, 0.717) is 18.9 Å². The first-order valence-corrected chi connectivity index (χ1v) is 10.1. The molecule has 1 aromatic carbocycles. The van der Waals surface area contributed by atoms with Crippen LogP contribution in [0.3, 0.4) is 0 Å². The number of allylic oxidation sites excluding steroid dienone is 1. The third-order valence-electron chi connectivity index (χ3n) is 3.36. The lowest BCUT2D eigenvalue weighted by molar-refractivity contribution is -0.114. The molecular weight excluding hydrogens is 478 g/mol. The van der Waals surface area contributed by atoms with Gasteiger partial charge in [0.15, 0.2) is 5.78 Å². The van der Waals surface area contributed by atoms with Gasteiger partial charge in [0.2, 0.25) is 0 Å². The number of phenols is 1. The molecule has 1 atom stereocenters. The molecule has 0 spiro atoms. The van der Waals surface area contributed by atoms with Crippen LogP contribution in [0, 0.1) is 5.41 Å². The van der Waals surface area contributed by atoms with Gasteiger partial charge in [0.1, 0.15) is 21.7 Å². The molecule has 0 unspecified atom stereocenters. The number of hydrogen-bond donors (Lipinski definition) is 2. The lowest BCUT2D eigenvalue weighted by Crippen LogP contribution is -2.11. The second kappa shape index (κ2) is 7.07. The van der Waals surface area contributed by atoms with Gasteiger partial charge >= 0.3 is 0 Å². The number of Topliss-reactive ketones (excluding diaryl/α,β-unsaturated/α-hetero) is 1. The van der Waals surface area contributed by atoms with Gasteiger partial charge in [-0.3, -0.25) is 10.2 Å². The molecule has 0 aliphatic carbocycles. The summed E-state index contributed by atoms with van der Waals surface area (Å²) in [5.41, 5.74) is 0.752. The molecule has 1 aliphatic rings. The predicted molar refractivity (Wildman–Crippen MR) is 104 cm³/mol. The predicted octanol–water partition coefficient (Wildman–Crippen LogP) is 4.75. The largest absolute Gasteiger partial charge is 0.506 e. The van der Waals surface area contributed by atoms with E-state index in [9.17, 15) is 9.90 Å². The average molecular weight is 489 g/mol. The van der Waals surface area contributed by atoms with Crippen molar-refractivity contribution in [3.05, 3.63) is 41.6 Å². The van der Waals surface area contributed by atoms with Crippen LogP contribution in [0.25, 0.3) is 6.08 Å². The highest BCUT2D eigenvalue weighted by atomic mass is 79.9. The van der Waals surface area contributed by atoms with Crippen LogP contribution in [0.5, 0.6) is 5.75 Å². The van der Waals surface area contributed by atoms with Crippen molar-refractivity contribution in [1.82, 2.24) is 10.2 Å². The Hall–Kier alpha value is -1.03. The standard InChI is InChI=1S/C15H11Br2N3O2S2/c1-2-10-19-20-15(24-10)11-13(22)9(23-14(11)18)5-6-3-7(16)12(21)8(17)4-6/h3-5,11,18,21H,2H2,1H3/b9-5-,18-14?/t11-/m1/s1. The molecule has 1 aliphatic heterocycles. The number of aromatic nitrogens is 2. The van der Waals surface area contributed by atoms with Crippen molar-refractivity contribution in [2.75, 3.05) is 0 Å². The third-order valence-corrected chi connectivity index (χ3v) is 6.69. The Labute approximate surface area is 163 Å². The van der Waals surface area contributed by atoms with Gasteiger partial charge in [0.25, 0.3) is 0 Å². The zero-order valence-corrected chi connectivity index (χ0v) is 17.1. The Kier molecular flexibility index (Phi) is 5.24. The molecule has 0 radical (unpaired) electrons. The minimum absolute atomic E-state index is 0.106. The molecule has 0 saturated carbocycles. The molecule has 2 aromatic rings. The number of carbonyl (C=O) groups excluding carboxylic acids is 1. The van der Waals surface area contributed by atoms with Crippen molar-refractivity contribution >= 4 is 71.9 Å². The molecule has 2 N–H and O–H groups in total. The molecule has 0 bridgehead atoms. The smallest absolute Gasteiger partial charge is 0.186 e. The lowest BCUT2D eigenvalue weighted by atomic mass is 10.1. The van der Waals surface area contributed by atoms with E-state index in [4.69, 9.17) is 5.41 Å². The molecule has 0 amide bonds. The third kappa shape index (κ3) is 3.35. The molecule has 124 valence electrons. The van der Waals surface area contributed by atoms with Gasteiger partial charge < -0.3 is 5.11 Å². The fourth-order valence-corrected chi connectivity index (χ4v) is 5.33. The topological polar surface area (TPSA) is 86.9 Å². The van der Waals surface area contributed by atoms with E-state index < -0.39 is 5.92 Å². The molecule has 1 aromatic heterocycles. The van der Waals surface area contributed by atoms with Gasteiger partial charge in [-0.15, -0.1) is 21.5 Å². The van der Waals surface area contributed by atoms with Gasteiger partial charge in [-0.2, -0.15) is 0 Å². The van der Waals surface area contributed by atoms with E-state index in [0.717, 1.165) is 28.8 Å². The van der Waals surface area contributed by atoms with Crippen LogP contribution < -0.4 is 0 Å². The van der Waals surface area contributed by atoms with E-state index in [1.807, 2.05) is 6.92 Å². The van der Waals surface area contributed by atoms with Gasteiger partial charge in [-0.25, -0.2) is 0 Å². The maximum absolute atomic E-state index is 12.7. The summed E-state index contributed by atoms with van der Waals surface area (Å²) in [6, 6.07) is 3.44. The van der Waals surface area contributed by atoms with Crippen molar-refractivity contribution < 1.29 is 9.90 Å². The minimum Gasteiger partial charge on any atom is -0.506 e. The highest BCUT2D eigenvalue weighted by molar-refractivity contribution is 9.11. The van der Waals surface area contributed by atoms with Crippen LogP contribution in [-0.2, 0) is 11.2 Å². The number of aryl methyl sites for hydroxylation is 1. The van der Waals surface area contributed by atoms with Crippen LogP contribution >= 0.6 is 55.0 Å². The Morgan fingerprint density at radius 2 is 2.00 bits per heavy atom. The minimum atomic E-state index is -0.650. The monoisotopic (exact) mass is 487 g/mol. The molecule has 9 heteroatoms. The number of hydrogen-bond acceptors (Lipinski definition) is 7. The summed E-state index contributed by atoms with van der Waals surface area (Å²) in [4.78, 5) is 13.2. The number of nitrogens with zero attached hydrogens (tertiary/aromatic N) is 2. The summed E-state index contributed by atoms with van der Waals surface area (Å²) in [6.07, 6.45) is 2.48. The number of phenolic OH excluding ortho intramolecular Hbond substituents is 1. The van der Waals surface area contributed by atoms with Crippen molar-refractivity contribution in [2.45, 2.75) is 19.3 Å². The first-order chi connectivity index (χ1) is 11.4. The average Bonchev–Trinajstić information content (AvgIpc) is 3.10. The SMILES string of the molecule is CCc1nnc([C@H]2C(=N)S/C(=C\c3cc(Br)c(O)c(Br)c3)C2=O)s1. The molecule has 3 rings (SSSR count). The van der Waals surface area contributed by atoms with Gasteiger partial charge in [0.05, 0.1) is 18.9 Å². The molecule has 1 saturated heterocycles. The summed E-state index contributed by atoms with van der Waals surface area (Å²) < 4.78 is 1.06. The van der Waals surface area contributed by atoms with Crippen LogP contribution in [0.1, 0.15) is 28.4 Å². The van der Waals surface area contributed by atoms with Crippen LogP contribution in [-0.4, -0.2) is 26.1 Å². The lowest BCUT2D eigenvalue weighted by Gasteiger charge is -2.03. The number of rotatable bonds is 3. The quantitative estimate of drug-likeness (QED) is 0.608. The number of ketones is 1. The fraction of sp³-hybridized carbons (Fsp3) is 0.200. The number of carbonyl (C=O) groups is 1. The molecule has 2 heterocycles. The Bertz CT molecular complexity index is 856. The molecule has 24 heavy (non-hydrogen) atoms. The number of aromatic hydroxyl groups is 1. The van der Waals surface area contributed by atoms with E-state index in [1.165, 1.54) is 11.3 Å². The highest BCUT2D eigenvalue weighted by Gasteiger charge is 2.39. The Morgan fingerprint density at radius 1 is 1.33 bits per heavy atom. The van der Waals surface area contributed by atoms with E-state index in [2.05, 4.69) is 42.1 Å². The van der Waals surface area contributed by atoms with Gasteiger partial charge in [-0.1, -0.05) is 18.7 Å². The van der Waals surface area contributed by atoms with Crippen LogP contribution in [0.2, 0.25) is 0 Å². The normalized spacial score (nSPS) is 19.5. The fourth-order valence-electron chi connectivity index (χ4n) is 2.16. The van der Waals surface area contributed by atoms with Crippen molar-refractivity contribution in [2.24, 2.45) is 0 Å². The second-order valence-corrected chi connectivity index (χ2v) is 8.88. The summed E-state index contributed by atoms with van der Waals surface area (Å²) in [6.45, 7) is 1.98. The Morgan fingerprint density at radius 3 is 2.58 bits per heavy atom. The van der Waals surface area contributed by atoms with E-state index in [1.54, 1.807) is 18.2 Å². The molecule has 1 fully saturated rings. The Balaban J connectivity index is 1.93.